The van der Waals surface area contributed by atoms with Crippen LogP contribution in [0.5, 0.6) is 0 Å². The number of hydrogen-bond donors (Lipinski definition) is 0. The zero-order valence-corrected chi connectivity index (χ0v) is 12.7. The Labute approximate surface area is 128 Å². The second-order valence-corrected chi connectivity index (χ2v) is 6.26. The average Bonchev–Trinajstić information content (AvgIpc) is 3.11. The van der Waals surface area contributed by atoms with Gasteiger partial charge in [-0.1, -0.05) is 19.3 Å². The van der Waals surface area contributed by atoms with Crippen molar-refractivity contribution in [3.63, 3.8) is 0 Å². The Hall–Kier alpha value is -2.18. The van der Waals surface area contributed by atoms with E-state index >= 15 is 0 Å². The number of hydrogen-bond acceptors (Lipinski definition) is 5. The molecule has 3 heterocycles. The van der Waals surface area contributed by atoms with Crippen LogP contribution in [0.3, 0.4) is 0 Å². The lowest BCUT2D eigenvalue weighted by Crippen LogP contribution is -2.36. The van der Waals surface area contributed by atoms with Crippen molar-refractivity contribution in [2.75, 3.05) is 11.4 Å². The third kappa shape index (κ3) is 1.88. The zero-order valence-electron chi connectivity index (χ0n) is 12.7. The lowest BCUT2D eigenvalue weighted by molar-refractivity contribution is -0.383. The van der Waals surface area contributed by atoms with E-state index in [1.807, 2.05) is 6.92 Å². The second-order valence-electron chi connectivity index (χ2n) is 6.26. The molecule has 22 heavy (non-hydrogen) atoms. The molecule has 7 heteroatoms. The molecule has 2 aliphatic rings. The molecule has 116 valence electrons. The molecule has 0 aromatic carbocycles. The molecule has 0 atom stereocenters. The SMILES string of the molecule is Cc1nc2c([N+](=O)[O-])cnn2c2c1CCN2C1CCCCC1. The van der Waals surface area contributed by atoms with Crippen LogP contribution in [-0.4, -0.2) is 32.1 Å². The summed E-state index contributed by atoms with van der Waals surface area (Å²) in [4.78, 5) is 17.6. The quantitative estimate of drug-likeness (QED) is 0.629. The molecule has 0 spiro atoms. The van der Waals surface area contributed by atoms with Crippen LogP contribution in [0.25, 0.3) is 5.65 Å². The zero-order chi connectivity index (χ0) is 15.3. The fourth-order valence-electron chi connectivity index (χ4n) is 3.91. The molecule has 0 unspecified atom stereocenters. The van der Waals surface area contributed by atoms with Gasteiger partial charge in [0, 0.05) is 23.8 Å². The molecular weight excluding hydrogens is 282 g/mol. The smallest absolute Gasteiger partial charge is 0.333 e. The van der Waals surface area contributed by atoms with E-state index in [1.165, 1.54) is 43.9 Å². The van der Waals surface area contributed by atoms with Gasteiger partial charge in [0.05, 0.1) is 4.92 Å². The summed E-state index contributed by atoms with van der Waals surface area (Å²) < 4.78 is 1.68. The van der Waals surface area contributed by atoms with Crippen molar-refractivity contribution in [1.82, 2.24) is 14.6 Å². The van der Waals surface area contributed by atoms with E-state index in [0.717, 1.165) is 24.5 Å². The van der Waals surface area contributed by atoms with Crippen molar-refractivity contribution in [3.8, 4) is 0 Å². The third-order valence-electron chi connectivity index (χ3n) is 4.99. The maximum Gasteiger partial charge on any atom is 0.333 e. The standard InChI is InChI=1S/C15H19N5O2/c1-10-12-7-8-18(11-5-3-2-4-6-11)15(12)19-14(17-10)13(9-16-19)20(21)22/h9,11H,2-8H2,1H3. The molecule has 1 fully saturated rings. The van der Waals surface area contributed by atoms with Crippen LogP contribution in [0.1, 0.15) is 43.4 Å². The van der Waals surface area contributed by atoms with E-state index in [0.29, 0.717) is 11.7 Å². The monoisotopic (exact) mass is 301 g/mol. The van der Waals surface area contributed by atoms with Gasteiger partial charge in [0.1, 0.15) is 12.0 Å². The Morgan fingerprint density at radius 1 is 1.32 bits per heavy atom. The fourth-order valence-corrected chi connectivity index (χ4v) is 3.91. The lowest BCUT2D eigenvalue weighted by Gasteiger charge is -2.33. The summed E-state index contributed by atoms with van der Waals surface area (Å²) in [6.07, 6.45) is 8.52. The molecule has 0 bridgehead atoms. The summed E-state index contributed by atoms with van der Waals surface area (Å²) in [6.45, 7) is 2.91. The molecule has 1 aliphatic carbocycles. The first-order valence-corrected chi connectivity index (χ1v) is 7.95. The molecular formula is C15H19N5O2. The second kappa shape index (κ2) is 4.93. The Kier molecular flexibility index (Phi) is 3.02. The van der Waals surface area contributed by atoms with Gasteiger partial charge in [0.2, 0.25) is 5.65 Å². The Morgan fingerprint density at radius 2 is 2.09 bits per heavy atom. The normalized spacial score (nSPS) is 18.9. The topological polar surface area (TPSA) is 76.6 Å². The number of nitrogens with zero attached hydrogens (tertiary/aromatic N) is 5. The highest BCUT2D eigenvalue weighted by Crippen LogP contribution is 2.37. The van der Waals surface area contributed by atoms with Gasteiger partial charge >= 0.3 is 5.69 Å². The average molecular weight is 301 g/mol. The summed E-state index contributed by atoms with van der Waals surface area (Å²) in [5, 5.41) is 15.4. The number of nitro groups is 1. The van der Waals surface area contributed by atoms with Crippen LogP contribution in [0.15, 0.2) is 6.20 Å². The first-order valence-electron chi connectivity index (χ1n) is 7.95. The predicted molar refractivity (Wildman–Crippen MR) is 82.3 cm³/mol. The maximum atomic E-state index is 11.2. The number of anilines is 1. The van der Waals surface area contributed by atoms with Gasteiger partial charge in [-0.25, -0.2) is 4.98 Å². The fraction of sp³-hybridized carbons (Fsp3) is 0.600. The van der Waals surface area contributed by atoms with E-state index in [2.05, 4.69) is 15.0 Å². The number of fused-ring (bicyclic) bond motifs is 3. The van der Waals surface area contributed by atoms with Gasteiger partial charge in [-0.2, -0.15) is 9.61 Å². The van der Waals surface area contributed by atoms with Crippen molar-refractivity contribution in [3.05, 3.63) is 27.6 Å². The summed E-state index contributed by atoms with van der Waals surface area (Å²) in [5.41, 5.74) is 2.44. The minimum atomic E-state index is -0.402. The van der Waals surface area contributed by atoms with Gasteiger partial charge in [0.25, 0.3) is 0 Å². The predicted octanol–water partition coefficient (Wildman–Crippen LogP) is 2.64. The molecule has 1 saturated carbocycles. The minimum Gasteiger partial charge on any atom is -0.353 e. The minimum absolute atomic E-state index is 0.0126. The summed E-state index contributed by atoms with van der Waals surface area (Å²) >= 11 is 0. The Morgan fingerprint density at radius 3 is 2.82 bits per heavy atom. The van der Waals surface area contributed by atoms with Crippen LogP contribution in [-0.2, 0) is 6.42 Å². The van der Waals surface area contributed by atoms with Gasteiger partial charge in [-0.05, 0) is 26.2 Å². The number of aromatic nitrogens is 3. The molecule has 1 aliphatic heterocycles. The highest BCUT2D eigenvalue weighted by atomic mass is 16.6. The van der Waals surface area contributed by atoms with Crippen molar-refractivity contribution in [2.24, 2.45) is 0 Å². The number of aryl methyl sites for hydroxylation is 1. The van der Waals surface area contributed by atoms with Crippen LogP contribution < -0.4 is 4.90 Å². The van der Waals surface area contributed by atoms with Crippen LogP contribution in [0.4, 0.5) is 11.5 Å². The van der Waals surface area contributed by atoms with E-state index in [9.17, 15) is 10.1 Å². The van der Waals surface area contributed by atoms with Crippen LogP contribution in [0, 0.1) is 17.0 Å². The summed E-state index contributed by atoms with van der Waals surface area (Å²) in [6, 6.07) is 0.531. The first kappa shape index (κ1) is 13.5. The molecule has 0 amide bonds. The van der Waals surface area contributed by atoms with Gasteiger partial charge < -0.3 is 4.90 Å². The highest BCUT2D eigenvalue weighted by molar-refractivity contribution is 5.67. The van der Waals surface area contributed by atoms with Crippen molar-refractivity contribution in [2.45, 2.75) is 51.5 Å². The molecule has 4 rings (SSSR count). The maximum absolute atomic E-state index is 11.2. The van der Waals surface area contributed by atoms with E-state index in [4.69, 9.17) is 0 Å². The van der Waals surface area contributed by atoms with E-state index in [1.54, 1.807) is 4.52 Å². The van der Waals surface area contributed by atoms with Crippen LogP contribution >= 0.6 is 0 Å². The molecule has 0 radical (unpaired) electrons. The Bertz CT molecular complexity index is 748. The molecule has 0 saturated heterocycles. The molecule has 7 nitrogen and oxygen atoms in total. The molecule has 2 aromatic heterocycles. The summed E-state index contributed by atoms with van der Waals surface area (Å²) in [5.74, 6) is 1.03. The first-order chi connectivity index (χ1) is 10.7. The van der Waals surface area contributed by atoms with E-state index < -0.39 is 4.92 Å². The van der Waals surface area contributed by atoms with E-state index in [-0.39, 0.29) is 5.69 Å². The van der Waals surface area contributed by atoms with Crippen LogP contribution in [0.2, 0.25) is 0 Å². The van der Waals surface area contributed by atoms with Gasteiger partial charge in [0.15, 0.2) is 0 Å². The molecule has 2 aromatic rings. The van der Waals surface area contributed by atoms with Crippen molar-refractivity contribution >= 4 is 17.2 Å². The van der Waals surface area contributed by atoms with Crippen molar-refractivity contribution < 1.29 is 4.92 Å². The summed E-state index contributed by atoms with van der Waals surface area (Å²) in [7, 11) is 0. The van der Waals surface area contributed by atoms with Gasteiger partial charge in [-0.15, -0.1) is 0 Å². The number of rotatable bonds is 2. The Balaban J connectivity index is 1.87. The largest absolute Gasteiger partial charge is 0.353 e. The third-order valence-corrected chi connectivity index (χ3v) is 4.99. The van der Waals surface area contributed by atoms with Crippen molar-refractivity contribution in [1.29, 1.82) is 0 Å². The molecule has 0 N–H and O–H groups in total. The van der Waals surface area contributed by atoms with Gasteiger partial charge in [-0.3, -0.25) is 10.1 Å². The highest BCUT2D eigenvalue weighted by Gasteiger charge is 2.33. The lowest BCUT2D eigenvalue weighted by atomic mass is 9.94.